The van der Waals surface area contributed by atoms with Crippen LogP contribution in [0.5, 0.6) is 0 Å². The summed E-state index contributed by atoms with van der Waals surface area (Å²) in [4.78, 5) is 9.82. The normalized spacial score (nSPS) is 13.1. The minimum atomic E-state index is -3.82. The highest BCUT2D eigenvalue weighted by atomic mass is 32.2. The Labute approximate surface area is 113 Å². The zero-order valence-corrected chi connectivity index (χ0v) is 11.0. The third-order valence-electron chi connectivity index (χ3n) is 2.44. The molecule has 0 aliphatic heterocycles. The molecule has 0 spiro atoms. The third-order valence-corrected chi connectivity index (χ3v) is 4.00. The summed E-state index contributed by atoms with van der Waals surface area (Å²) in [5.41, 5.74) is -0.185. The van der Waals surface area contributed by atoms with Gasteiger partial charge in [-0.1, -0.05) is 5.21 Å². The lowest BCUT2D eigenvalue weighted by Gasteiger charge is -2.10. The monoisotopic (exact) mass is 298 g/mol. The van der Waals surface area contributed by atoms with Gasteiger partial charge in [0, 0.05) is 12.1 Å². The highest BCUT2D eigenvalue weighted by Gasteiger charge is 2.21. The maximum Gasteiger partial charge on any atom is 0.269 e. The quantitative estimate of drug-likeness (QED) is 0.590. The van der Waals surface area contributed by atoms with E-state index in [1.165, 1.54) is 0 Å². The number of tetrazole rings is 1. The maximum atomic E-state index is 12.1. The summed E-state index contributed by atoms with van der Waals surface area (Å²) in [6.45, 7) is 1.55. The molecule has 1 heterocycles. The van der Waals surface area contributed by atoms with E-state index in [2.05, 4.69) is 25.3 Å². The molecule has 10 nitrogen and oxygen atoms in total. The molecule has 0 bridgehead atoms. The third kappa shape index (κ3) is 2.95. The molecular formula is C9H10N6O4S. The van der Waals surface area contributed by atoms with Gasteiger partial charge in [-0.2, -0.15) is 5.21 Å². The van der Waals surface area contributed by atoms with Crippen molar-refractivity contribution in [2.45, 2.75) is 17.9 Å². The summed E-state index contributed by atoms with van der Waals surface area (Å²) in [7, 11) is -3.82. The van der Waals surface area contributed by atoms with Gasteiger partial charge in [0.15, 0.2) is 5.82 Å². The zero-order valence-electron chi connectivity index (χ0n) is 10.2. The minimum absolute atomic E-state index is 0.0848. The van der Waals surface area contributed by atoms with Crippen LogP contribution in [-0.4, -0.2) is 34.0 Å². The van der Waals surface area contributed by atoms with Crippen molar-refractivity contribution in [1.82, 2.24) is 25.3 Å². The van der Waals surface area contributed by atoms with Gasteiger partial charge in [0.2, 0.25) is 10.0 Å². The molecule has 11 heteroatoms. The number of aromatic nitrogens is 4. The Morgan fingerprint density at radius 1 is 1.35 bits per heavy atom. The summed E-state index contributed by atoms with van der Waals surface area (Å²) >= 11 is 0. The van der Waals surface area contributed by atoms with Crippen LogP contribution < -0.4 is 4.72 Å². The number of sulfonamides is 1. The summed E-state index contributed by atoms with van der Waals surface area (Å²) < 4.78 is 26.4. The van der Waals surface area contributed by atoms with Gasteiger partial charge in [0.05, 0.1) is 15.9 Å². The van der Waals surface area contributed by atoms with Crippen molar-refractivity contribution in [3.8, 4) is 0 Å². The van der Waals surface area contributed by atoms with Crippen LogP contribution in [0.4, 0.5) is 5.69 Å². The van der Waals surface area contributed by atoms with Gasteiger partial charge < -0.3 is 0 Å². The van der Waals surface area contributed by atoms with Gasteiger partial charge in [-0.25, -0.2) is 13.1 Å². The Morgan fingerprint density at radius 3 is 2.50 bits per heavy atom. The number of hydrogen-bond acceptors (Lipinski definition) is 7. The van der Waals surface area contributed by atoms with E-state index in [0.29, 0.717) is 0 Å². The fourth-order valence-electron chi connectivity index (χ4n) is 1.45. The first kappa shape index (κ1) is 14.0. The average Bonchev–Trinajstić information content (AvgIpc) is 2.92. The Bertz CT molecular complexity index is 697. The zero-order chi connectivity index (χ0) is 14.8. The molecule has 0 saturated carbocycles. The summed E-state index contributed by atoms with van der Waals surface area (Å²) in [6.07, 6.45) is 0. The first-order chi connectivity index (χ1) is 9.40. The van der Waals surface area contributed by atoms with Crippen molar-refractivity contribution in [1.29, 1.82) is 0 Å². The number of non-ortho nitro benzene ring substituents is 1. The van der Waals surface area contributed by atoms with Gasteiger partial charge in [-0.05, 0) is 19.1 Å². The largest absolute Gasteiger partial charge is 0.269 e. The molecule has 0 amide bonds. The fourth-order valence-corrected chi connectivity index (χ4v) is 2.65. The highest BCUT2D eigenvalue weighted by Crippen LogP contribution is 2.17. The number of nitrogens with one attached hydrogen (secondary N) is 2. The summed E-state index contributed by atoms with van der Waals surface area (Å²) in [5, 5.41) is 23.4. The fraction of sp³-hybridized carbons (Fsp3) is 0.222. The van der Waals surface area contributed by atoms with Gasteiger partial charge in [0.1, 0.15) is 0 Å². The average molecular weight is 298 g/mol. The molecule has 0 fully saturated rings. The van der Waals surface area contributed by atoms with Gasteiger partial charge in [0.25, 0.3) is 5.69 Å². The second kappa shape index (κ2) is 5.30. The maximum absolute atomic E-state index is 12.1. The predicted octanol–water partition coefficient (Wildman–Crippen LogP) is 0.147. The molecule has 106 valence electrons. The second-order valence-corrected chi connectivity index (χ2v) is 5.58. The standard InChI is InChI=1S/C9H10N6O4S/c1-6(9-10-13-14-11-9)12-20(18,19)8-4-2-7(3-5-8)15(16)17/h2-6,12H,1H3,(H,10,11,13,14). The lowest BCUT2D eigenvalue weighted by atomic mass is 10.3. The van der Waals surface area contributed by atoms with Crippen molar-refractivity contribution in [3.63, 3.8) is 0 Å². The van der Waals surface area contributed by atoms with Crippen LogP contribution >= 0.6 is 0 Å². The molecule has 20 heavy (non-hydrogen) atoms. The van der Waals surface area contributed by atoms with Crippen LogP contribution in [0, 0.1) is 10.1 Å². The molecule has 1 atom stereocenters. The Hall–Kier alpha value is -2.40. The smallest absolute Gasteiger partial charge is 0.258 e. The number of benzene rings is 1. The van der Waals surface area contributed by atoms with E-state index in [1.54, 1.807) is 6.92 Å². The van der Waals surface area contributed by atoms with E-state index in [9.17, 15) is 18.5 Å². The molecule has 0 saturated heterocycles. The van der Waals surface area contributed by atoms with E-state index in [4.69, 9.17) is 0 Å². The van der Waals surface area contributed by atoms with Crippen LogP contribution in [0.3, 0.4) is 0 Å². The Balaban J connectivity index is 2.20. The highest BCUT2D eigenvalue weighted by molar-refractivity contribution is 7.89. The van der Waals surface area contributed by atoms with Crippen LogP contribution in [0.1, 0.15) is 18.8 Å². The van der Waals surface area contributed by atoms with Crippen molar-refractivity contribution in [3.05, 3.63) is 40.2 Å². The molecule has 2 rings (SSSR count). The molecule has 0 aliphatic rings. The van der Waals surface area contributed by atoms with E-state index in [-0.39, 0.29) is 16.4 Å². The van der Waals surface area contributed by atoms with Crippen LogP contribution in [0.15, 0.2) is 29.2 Å². The predicted molar refractivity (Wildman–Crippen MR) is 66.0 cm³/mol. The molecule has 1 aromatic carbocycles. The molecule has 2 aromatic rings. The Morgan fingerprint density at radius 2 is 2.00 bits per heavy atom. The topological polar surface area (TPSA) is 144 Å². The molecule has 1 aromatic heterocycles. The lowest BCUT2D eigenvalue weighted by molar-refractivity contribution is -0.384. The second-order valence-electron chi connectivity index (χ2n) is 3.86. The molecular weight excluding hydrogens is 288 g/mol. The van der Waals surface area contributed by atoms with Crippen molar-refractivity contribution in [2.75, 3.05) is 0 Å². The Kier molecular flexibility index (Phi) is 3.72. The van der Waals surface area contributed by atoms with Crippen LogP contribution in [-0.2, 0) is 10.0 Å². The van der Waals surface area contributed by atoms with Crippen LogP contribution in [0.25, 0.3) is 0 Å². The molecule has 2 N–H and O–H groups in total. The lowest BCUT2D eigenvalue weighted by Crippen LogP contribution is -2.27. The first-order valence-corrected chi connectivity index (χ1v) is 6.88. The van der Waals surface area contributed by atoms with E-state index >= 15 is 0 Å². The van der Waals surface area contributed by atoms with Crippen molar-refractivity contribution in [2.24, 2.45) is 0 Å². The molecule has 1 unspecified atom stereocenters. The number of H-pyrrole nitrogens is 1. The molecule has 0 radical (unpaired) electrons. The number of nitrogens with zero attached hydrogens (tertiary/aromatic N) is 4. The number of nitro benzene ring substituents is 1. The van der Waals surface area contributed by atoms with E-state index < -0.39 is 21.0 Å². The van der Waals surface area contributed by atoms with Crippen molar-refractivity contribution < 1.29 is 13.3 Å². The van der Waals surface area contributed by atoms with E-state index in [1.807, 2.05) is 0 Å². The van der Waals surface area contributed by atoms with Gasteiger partial charge in [-0.15, -0.1) is 10.2 Å². The number of nitro groups is 1. The van der Waals surface area contributed by atoms with Crippen LogP contribution in [0.2, 0.25) is 0 Å². The minimum Gasteiger partial charge on any atom is -0.258 e. The van der Waals surface area contributed by atoms with E-state index in [0.717, 1.165) is 24.3 Å². The molecule has 0 aliphatic carbocycles. The number of rotatable bonds is 5. The SMILES string of the molecule is CC(NS(=O)(=O)c1ccc([N+](=O)[O-])cc1)c1nn[nH]n1. The number of hydrogen-bond donors (Lipinski definition) is 2. The van der Waals surface area contributed by atoms with Gasteiger partial charge >= 0.3 is 0 Å². The summed E-state index contributed by atoms with van der Waals surface area (Å²) in [5.74, 6) is 0.190. The summed E-state index contributed by atoms with van der Waals surface area (Å²) in [6, 6.07) is 3.86. The van der Waals surface area contributed by atoms with Gasteiger partial charge in [-0.3, -0.25) is 10.1 Å². The first-order valence-electron chi connectivity index (χ1n) is 5.40. The van der Waals surface area contributed by atoms with Crippen molar-refractivity contribution >= 4 is 15.7 Å². The number of aromatic amines is 1.